The molecule has 7 heteroatoms. The Morgan fingerprint density at radius 3 is 2.93 bits per heavy atom. The fourth-order valence-electron chi connectivity index (χ4n) is 3.63. The van der Waals surface area contributed by atoms with Gasteiger partial charge < -0.3 is 14.5 Å². The maximum absolute atomic E-state index is 12.7. The molecule has 6 nitrogen and oxygen atoms in total. The number of nitrogens with one attached hydrogen (secondary N) is 1. The zero-order chi connectivity index (χ0) is 20.2. The van der Waals surface area contributed by atoms with Crippen LogP contribution in [-0.2, 0) is 12.8 Å². The predicted molar refractivity (Wildman–Crippen MR) is 115 cm³/mol. The number of fused-ring (bicyclic) bond motifs is 3. The van der Waals surface area contributed by atoms with Gasteiger partial charge in [-0.05, 0) is 55.0 Å². The molecule has 29 heavy (non-hydrogen) atoms. The third-order valence-corrected chi connectivity index (χ3v) is 6.19. The van der Waals surface area contributed by atoms with Gasteiger partial charge in [0.2, 0.25) is 0 Å². The first-order valence-electron chi connectivity index (χ1n) is 9.60. The highest BCUT2D eigenvalue weighted by Gasteiger charge is 2.18. The summed E-state index contributed by atoms with van der Waals surface area (Å²) in [5.74, 6) is 1.59. The van der Waals surface area contributed by atoms with Crippen LogP contribution in [0, 0.1) is 11.3 Å². The lowest BCUT2D eigenvalue weighted by atomic mass is 10.1. The molecular formula is C22H21N3O3S. The predicted octanol–water partition coefficient (Wildman–Crippen LogP) is 4.33. The monoisotopic (exact) mass is 407 g/mol. The van der Waals surface area contributed by atoms with Crippen molar-refractivity contribution in [2.24, 2.45) is 0 Å². The van der Waals surface area contributed by atoms with Crippen LogP contribution in [0.15, 0.2) is 23.0 Å². The van der Waals surface area contributed by atoms with Crippen LogP contribution in [-0.4, -0.2) is 23.7 Å². The molecule has 0 bridgehead atoms. The van der Waals surface area contributed by atoms with Gasteiger partial charge in [-0.15, -0.1) is 11.3 Å². The molecule has 0 radical (unpaired) electrons. The van der Waals surface area contributed by atoms with Gasteiger partial charge >= 0.3 is 0 Å². The van der Waals surface area contributed by atoms with Gasteiger partial charge in [-0.25, -0.2) is 4.98 Å². The maximum Gasteiger partial charge on any atom is 0.260 e. The number of hydrogen-bond donors (Lipinski definition) is 1. The number of ether oxygens (including phenoxy) is 2. The minimum atomic E-state index is -0.0631. The Bertz CT molecular complexity index is 1170. The normalized spacial score (nSPS) is 13.8. The molecule has 4 rings (SSSR count). The molecule has 1 N–H and O–H groups in total. The van der Waals surface area contributed by atoms with Crippen LogP contribution in [0.2, 0.25) is 0 Å². The van der Waals surface area contributed by atoms with E-state index in [1.54, 1.807) is 30.6 Å². The molecule has 0 atom stereocenters. The fraction of sp³-hybridized carbons (Fsp3) is 0.318. The number of nitriles is 1. The van der Waals surface area contributed by atoms with E-state index in [1.807, 2.05) is 24.3 Å². The highest BCUT2D eigenvalue weighted by molar-refractivity contribution is 7.18. The zero-order valence-corrected chi connectivity index (χ0v) is 17.0. The quantitative estimate of drug-likeness (QED) is 0.636. The lowest BCUT2D eigenvalue weighted by Gasteiger charge is -2.08. The zero-order valence-electron chi connectivity index (χ0n) is 16.2. The summed E-state index contributed by atoms with van der Waals surface area (Å²) in [4.78, 5) is 22.4. The van der Waals surface area contributed by atoms with Crippen molar-refractivity contribution in [2.45, 2.75) is 32.1 Å². The number of aromatic amines is 1. The van der Waals surface area contributed by atoms with Crippen LogP contribution in [0.1, 0.15) is 41.1 Å². The highest BCUT2D eigenvalue weighted by Crippen LogP contribution is 2.33. The summed E-state index contributed by atoms with van der Waals surface area (Å²) in [5, 5.41) is 9.43. The van der Waals surface area contributed by atoms with Crippen molar-refractivity contribution in [2.75, 3.05) is 13.7 Å². The smallest absolute Gasteiger partial charge is 0.260 e. The third-order valence-electron chi connectivity index (χ3n) is 5.01. The van der Waals surface area contributed by atoms with Gasteiger partial charge in [0.15, 0.2) is 18.1 Å². The van der Waals surface area contributed by atoms with E-state index in [-0.39, 0.29) is 12.2 Å². The Hall–Kier alpha value is -3.11. The van der Waals surface area contributed by atoms with E-state index >= 15 is 0 Å². The van der Waals surface area contributed by atoms with Crippen molar-refractivity contribution in [1.29, 1.82) is 5.26 Å². The van der Waals surface area contributed by atoms with E-state index in [0.717, 1.165) is 35.0 Å². The molecule has 0 saturated carbocycles. The summed E-state index contributed by atoms with van der Waals surface area (Å²) >= 11 is 1.65. The summed E-state index contributed by atoms with van der Waals surface area (Å²) in [7, 11) is 1.55. The van der Waals surface area contributed by atoms with Crippen LogP contribution >= 0.6 is 11.3 Å². The lowest BCUT2D eigenvalue weighted by molar-refractivity contribution is 0.329. The summed E-state index contributed by atoms with van der Waals surface area (Å²) in [5.41, 5.74) is 2.01. The molecule has 0 unspecified atom stereocenters. The van der Waals surface area contributed by atoms with Crippen LogP contribution < -0.4 is 15.0 Å². The van der Waals surface area contributed by atoms with Crippen LogP contribution in [0.4, 0.5) is 0 Å². The summed E-state index contributed by atoms with van der Waals surface area (Å²) in [6.07, 6.45) is 9.20. The molecule has 1 aromatic carbocycles. The number of hydrogen-bond acceptors (Lipinski definition) is 6. The Balaban J connectivity index is 1.63. The van der Waals surface area contributed by atoms with Crippen LogP contribution in [0.3, 0.4) is 0 Å². The Morgan fingerprint density at radius 1 is 1.24 bits per heavy atom. The van der Waals surface area contributed by atoms with Gasteiger partial charge in [0.25, 0.3) is 5.56 Å². The second-order valence-electron chi connectivity index (χ2n) is 6.89. The molecule has 148 valence electrons. The number of methoxy groups -OCH3 is 1. The molecule has 0 spiro atoms. The minimum Gasteiger partial charge on any atom is -0.493 e. The molecule has 1 aliphatic rings. The largest absolute Gasteiger partial charge is 0.493 e. The first kappa shape index (κ1) is 19.2. The molecule has 2 heterocycles. The van der Waals surface area contributed by atoms with Crippen LogP contribution in [0.5, 0.6) is 11.5 Å². The van der Waals surface area contributed by atoms with Gasteiger partial charge in [0, 0.05) is 4.88 Å². The number of thiophene rings is 1. The van der Waals surface area contributed by atoms with Crippen molar-refractivity contribution in [3.63, 3.8) is 0 Å². The van der Waals surface area contributed by atoms with Gasteiger partial charge in [0.05, 0.1) is 12.5 Å². The van der Waals surface area contributed by atoms with E-state index in [0.29, 0.717) is 17.3 Å². The number of aryl methyl sites for hydroxylation is 2. The average molecular weight is 407 g/mol. The third kappa shape index (κ3) is 4.03. The standard InChI is InChI=1S/C22H21N3O3S/c1-27-17-13-14(7-9-16(17)28-12-11-23)8-10-19-24-21(26)20-15-5-3-2-4-6-18(15)29-22(20)25-19/h7-10,13H,2-6,12H2,1H3,(H,24,25,26)/b10-8+. The molecule has 0 aliphatic heterocycles. The van der Waals surface area contributed by atoms with Gasteiger partial charge in [-0.2, -0.15) is 5.26 Å². The summed E-state index contributed by atoms with van der Waals surface area (Å²) in [6.45, 7) is -0.0402. The van der Waals surface area contributed by atoms with Gasteiger partial charge in [-0.1, -0.05) is 18.6 Å². The first-order chi connectivity index (χ1) is 14.2. The number of nitrogens with zero attached hydrogens (tertiary/aromatic N) is 2. The Kier molecular flexibility index (Phi) is 5.63. The van der Waals surface area contributed by atoms with Crippen molar-refractivity contribution in [1.82, 2.24) is 9.97 Å². The molecule has 0 saturated heterocycles. The molecule has 0 fully saturated rings. The van der Waals surface area contributed by atoms with E-state index in [1.165, 1.54) is 23.3 Å². The lowest BCUT2D eigenvalue weighted by Crippen LogP contribution is -2.10. The van der Waals surface area contributed by atoms with Gasteiger partial charge in [-0.3, -0.25) is 4.79 Å². The Labute approximate surface area is 172 Å². The van der Waals surface area contributed by atoms with Crippen LogP contribution in [0.25, 0.3) is 22.4 Å². The van der Waals surface area contributed by atoms with E-state index in [4.69, 9.17) is 14.7 Å². The van der Waals surface area contributed by atoms with Crippen molar-refractivity contribution >= 4 is 33.7 Å². The average Bonchev–Trinajstić information content (AvgIpc) is 2.92. The molecule has 0 amide bonds. The summed E-state index contributed by atoms with van der Waals surface area (Å²) < 4.78 is 10.7. The summed E-state index contributed by atoms with van der Waals surface area (Å²) in [6, 6.07) is 7.36. The molecule has 3 aromatic rings. The number of benzene rings is 1. The number of H-pyrrole nitrogens is 1. The molecule has 2 aromatic heterocycles. The van der Waals surface area contributed by atoms with Gasteiger partial charge in [0.1, 0.15) is 16.7 Å². The van der Waals surface area contributed by atoms with E-state index in [9.17, 15) is 4.79 Å². The molecular weight excluding hydrogens is 386 g/mol. The second-order valence-corrected chi connectivity index (χ2v) is 7.97. The van der Waals surface area contributed by atoms with Crippen molar-refractivity contribution < 1.29 is 9.47 Å². The maximum atomic E-state index is 12.7. The minimum absolute atomic E-state index is 0.0402. The molecule has 1 aliphatic carbocycles. The topological polar surface area (TPSA) is 88.0 Å². The van der Waals surface area contributed by atoms with E-state index < -0.39 is 0 Å². The number of aromatic nitrogens is 2. The second kappa shape index (κ2) is 8.50. The highest BCUT2D eigenvalue weighted by atomic mass is 32.1. The fourth-order valence-corrected chi connectivity index (χ4v) is 4.90. The first-order valence-corrected chi connectivity index (χ1v) is 10.4. The van der Waals surface area contributed by atoms with Crippen molar-refractivity contribution in [3.05, 3.63) is 50.4 Å². The Morgan fingerprint density at radius 2 is 2.10 bits per heavy atom. The van der Waals surface area contributed by atoms with E-state index in [2.05, 4.69) is 9.97 Å². The SMILES string of the molecule is COc1cc(/C=C/c2nc3sc4c(c3c(=O)[nH]2)CCCCC4)ccc1OCC#N. The number of rotatable bonds is 5. The van der Waals surface area contributed by atoms with Crippen molar-refractivity contribution in [3.8, 4) is 17.6 Å².